The highest BCUT2D eigenvalue weighted by molar-refractivity contribution is 6.30. The van der Waals surface area contributed by atoms with Gasteiger partial charge in [0.2, 0.25) is 0 Å². The van der Waals surface area contributed by atoms with E-state index in [1.54, 1.807) is 76.2 Å². The van der Waals surface area contributed by atoms with Crippen LogP contribution in [0.15, 0.2) is 54.6 Å². The fraction of sp³-hybridized carbons (Fsp3) is 0.375. The summed E-state index contributed by atoms with van der Waals surface area (Å²) in [4.78, 5) is 38.8. The highest BCUT2D eigenvalue weighted by Gasteiger charge is 2.40. The predicted octanol–water partition coefficient (Wildman–Crippen LogP) is 5.22. The zero-order chi connectivity index (χ0) is 22.3. The quantitative estimate of drug-likeness (QED) is 0.310. The zero-order valence-corrected chi connectivity index (χ0v) is 18.4. The Morgan fingerprint density at radius 2 is 1.30 bits per heavy atom. The summed E-state index contributed by atoms with van der Waals surface area (Å²) in [5.41, 5.74) is 1.14. The maximum atomic E-state index is 13.0. The molecule has 0 bridgehead atoms. The average molecular weight is 431 g/mol. The third-order valence-corrected chi connectivity index (χ3v) is 4.67. The molecule has 0 aliphatic carbocycles. The normalized spacial score (nSPS) is 12.1. The van der Waals surface area contributed by atoms with E-state index in [-0.39, 0.29) is 12.2 Å². The van der Waals surface area contributed by atoms with Crippen molar-refractivity contribution >= 4 is 29.3 Å². The molecule has 2 aromatic carbocycles. The van der Waals surface area contributed by atoms with Crippen molar-refractivity contribution in [3.8, 4) is 0 Å². The highest BCUT2D eigenvalue weighted by Crippen LogP contribution is 2.32. The first kappa shape index (κ1) is 23.6. The molecule has 0 aliphatic rings. The van der Waals surface area contributed by atoms with Gasteiger partial charge in [-0.3, -0.25) is 14.4 Å². The molecule has 0 aliphatic heterocycles. The Bertz CT molecular complexity index is 837. The number of esters is 2. The van der Waals surface area contributed by atoms with Crippen molar-refractivity contribution < 1.29 is 23.9 Å². The van der Waals surface area contributed by atoms with Gasteiger partial charge in [0.25, 0.3) is 0 Å². The average Bonchev–Trinajstić information content (AvgIpc) is 2.67. The van der Waals surface area contributed by atoms with Gasteiger partial charge in [-0.15, -0.1) is 0 Å². The number of hydrogen-bond acceptors (Lipinski definition) is 5. The summed E-state index contributed by atoms with van der Waals surface area (Å²) in [7, 11) is 0. The van der Waals surface area contributed by atoms with Crippen molar-refractivity contribution in [2.24, 2.45) is 5.92 Å². The van der Waals surface area contributed by atoms with E-state index in [0.717, 1.165) is 0 Å². The van der Waals surface area contributed by atoms with Crippen LogP contribution in [-0.2, 0) is 19.1 Å². The second kappa shape index (κ2) is 10.9. The molecule has 0 saturated carbocycles. The predicted molar refractivity (Wildman–Crippen MR) is 116 cm³/mol. The topological polar surface area (TPSA) is 69.7 Å². The van der Waals surface area contributed by atoms with Gasteiger partial charge in [0, 0.05) is 22.9 Å². The van der Waals surface area contributed by atoms with Crippen LogP contribution in [0.3, 0.4) is 0 Å². The lowest BCUT2D eigenvalue weighted by atomic mass is 9.81. The third kappa shape index (κ3) is 6.70. The Morgan fingerprint density at radius 3 is 1.77 bits per heavy atom. The molecule has 0 spiro atoms. The Kier molecular flexibility index (Phi) is 8.60. The number of Topliss-reactive ketones (excluding diaryl/α,β-unsaturated/α-hetero) is 1. The monoisotopic (exact) mass is 430 g/mol. The van der Waals surface area contributed by atoms with E-state index in [2.05, 4.69) is 0 Å². The van der Waals surface area contributed by atoms with Gasteiger partial charge in [0.05, 0.1) is 12.2 Å². The highest BCUT2D eigenvalue weighted by atomic mass is 35.5. The van der Waals surface area contributed by atoms with E-state index in [1.807, 2.05) is 6.07 Å². The molecule has 2 aromatic rings. The minimum absolute atomic E-state index is 0.0588. The summed E-state index contributed by atoms with van der Waals surface area (Å²) in [6.45, 7) is 6.83. The van der Waals surface area contributed by atoms with Crippen LogP contribution in [0.2, 0.25) is 5.02 Å². The largest absolute Gasteiger partial charge is 0.462 e. The second-order valence-electron chi connectivity index (χ2n) is 7.60. The van der Waals surface area contributed by atoms with E-state index < -0.39 is 36.0 Å². The lowest BCUT2D eigenvalue weighted by Gasteiger charge is -2.26. The molecule has 6 heteroatoms. The van der Waals surface area contributed by atoms with Gasteiger partial charge < -0.3 is 9.47 Å². The van der Waals surface area contributed by atoms with E-state index in [0.29, 0.717) is 16.1 Å². The maximum absolute atomic E-state index is 13.0. The molecule has 0 fully saturated rings. The number of ether oxygens (including phenoxy) is 2. The van der Waals surface area contributed by atoms with E-state index in [9.17, 15) is 14.4 Å². The summed E-state index contributed by atoms with van der Waals surface area (Å²) in [5.74, 6) is -3.60. The number of hydrogen-bond donors (Lipinski definition) is 0. The molecule has 0 aromatic heterocycles. The van der Waals surface area contributed by atoms with Crippen LogP contribution in [0.1, 0.15) is 56.0 Å². The van der Waals surface area contributed by atoms with Gasteiger partial charge in [0.15, 0.2) is 11.7 Å². The number of rotatable bonds is 9. The minimum Gasteiger partial charge on any atom is -0.462 e. The van der Waals surface area contributed by atoms with Crippen molar-refractivity contribution in [1.82, 2.24) is 0 Å². The van der Waals surface area contributed by atoms with Gasteiger partial charge in [-0.05, 0) is 57.5 Å². The summed E-state index contributed by atoms with van der Waals surface area (Å²) >= 11 is 5.91. The van der Waals surface area contributed by atoms with Crippen LogP contribution in [-0.4, -0.2) is 29.9 Å². The van der Waals surface area contributed by atoms with Crippen LogP contribution < -0.4 is 0 Å². The molecule has 160 valence electrons. The smallest absolute Gasteiger partial charge is 0.321 e. The van der Waals surface area contributed by atoms with Crippen LogP contribution in [0.4, 0.5) is 0 Å². The maximum Gasteiger partial charge on any atom is 0.321 e. The fourth-order valence-electron chi connectivity index (χ4n) is 3.12. The molecule has 0 radical (unpaired) electrons. The van der Waals surface area contributed by atoms with E-state index >= 15 is 0 Å². The Labute approximate surface area is 182 Å². The van der Waals surface area contributed by atoms with Gasteiger partial charge in [-0.2, -0.15) is 0 Å². The summed E-state index contributed by atoms with van der Waals surface area (Å²) in [6, 6.07) is 15.5. The number of carbonyl (C=O) groups excluding carboxylic acids is 3. The fourth-order valence-corrected chi connectivity index (χ4v) is 3.24. The van der Waals surface area contributed by atoms with Gasteiger partial charge in [-0.25, -0.2) is 0 Å². The van der Waals surface area contributed by atoms with Crippen molar-refractivity contribution in [3.63, 3.8) is 0 Å². The molecule has 0 unspecified atom stereocenters. The van der Waals surface area contributed by atoms with Crippen molar-refractivity contribution in [2.75, 3.05) is 0 Å². The molecule has 0 heterocycles. The number of benzene rings is 2. The van der Waals surface area contributed by atoms with E-state index in [4.69, 9.17) is 21.1 Å². The molecular weight excluding hydrogens is 404 g/mol. The lowest BCUT2D eigenvalue weighted by Crippen LogP contribution is -2.36. The molecule has 0 N–H and O–H groups in total. The molecular formula is C24H27ClO5. The second-order valence-corrected chi connectivity index (χ2v) is 8.04. The lowest BCUT2D eigenvalue weighted by molar-refractivity contribution is -0.167. The van der Waals surface area contributed by atoms with Crippen LogP contribution in [0.5, 0.6) is 0 Å². The minimum atomic E-state index is -1.26. The summed E-state index contributed by atoms with van der Waals surface area (Å²) < 4.78 is 10.7. The van der Waals surface area contributed by atoms with Gasteiger partial charge in [-0.1, -0.05) is 41.9 Å². The first-order valence-corrected chi connectivity index (χ1v) is 10.3. The Morgan fingerprint density at radius 1 is 0.800 bits per heavy atom. The molecule has 0 saturated heterocycles. The number of carbonyl (C=O) groups is 3. The SMILES string of the molecule is CC(C)OC(=O)C(C(=O)OC(C)C)[C@H](CC(=O)c1ccc(Cl)cc1)c1ccccc1. The van der Waals surface area contributed by atoms with Crippen molar-refractivity contribution in [1.29, 1.82) is 0 Å². The zero-order valence-electron chi connectivity index (χ0n) is 17.6. The molecule has 0 amide bonds. The molecule has 2 rings (SSSR count). The first-order chi connectivity index (χ1) is 14.2. The standard InChI is InChI=1S/C24H27ClO5/c1-15(2)29-23(27)22(24(28)30-16(3)4)20(17-8-6-5-7-9-17)14-21(26)18-10-12-19(25)13-11-18/h5-13,15-16,20,22H,14H2,1-4H3/t20-/m1/s1. The van der Waals surface area contributed by atoms with Crippen LogP contribution in [0, 0.1) is 5.92 Å². The Hall–Kier alpha value is -2.66. The van der Waals surface area contributed by atoms with Gasteiger partial charge in [0.1, 0.15) is 0 Å². The number of ketones is 1. The van der Waals surface area contributed by atoms with Crippen molar-refractivity contribution in [3.05, 3.63) is 70.7 Å². The van der Waals surface area contributed by atoms with Crippen LogP contribution >= 0.6 is 11.6 Å². The molecule has 30 heavy (non-hydrogen) atoms. The third-order valence-electron chi connectivity index (χ3n) is 4.41. The first-order valence-electron chi connectivity index (χ1n) is 9.93. The number of halogens is 1. The molecule has 5 nitrogen and oxygen atoms in total. The van der Waals surface area contributed by atoms with E-state index in [1.165, 1.54) is 0 Å². The van der Waals surface area contributed by atoms with Gasteiger partial charge >= 0.3 is 11.9 Å². The molecule has 1 atom stereocenters. The van der Waals surface area contributed by atoms with Crippen LogP contribution in [0.25, 0.3) is 0 Å². The summed E-state index contributed by atoms with van der Waals surface area (Å²) in [6.07, 6.45) is -0.873. The Balaban J connectivity index is 2.44. The summed E-state index contributed by atoms with van der Waals surface area (Å²) in [5, 5.41) is 0.519. The van der Waals surface area contributed by atoms with Crippen molar-refractivity contribution in [2.45, 2.75) is 52.2 Å².